The second-order valence-electron chi connectivity index (χ2n) is 4.59. The number of aliphatic hydroxyl groups excluding tert-OH is 1. The van der Waals surface area contributed by atoms with Crippen molar-refractivity contribution in [3.05, 3.63) is 29.8 Å². The summed E-state index contributed by atoms with van der Waals surface area (Å²) in [7, 11) is 0. The van der Waals surface area contributed by atoms with Gasteiger partial charge in [0.1, 0.15) is 5.75 Å². The van der Waals surface area contributed by atoms with Gasteiger partial charge in [-0.15, -0.1) is 0 Å². The number of hydrogen-bond acceptors (Lipinski definition) is 3. The molecular weight excluding hydrogens is 259 g/mol. The molecule has 2 N–H and O–H groups in total. The summed E-state index contributed by atoms with van der Waals surface area (Å²) in [5, 5.41) is 11.6. The van der Waals surface area contributed by atoms with Crippen LogP contribution >= 0.6 is 0 Å². The number of nitrogens with one attached hydrogen (secondary N) is 1. The molecule has 0 amide bonds. The topological polar surface area (TPSA) is 41.5 Å². The van der Waals surface area contributed by atoms with Gasteiger partial charge in [-0.3, -0.25) is 0 Å². The van der Waals surface area contributed by atoms with E-state index in [1.165, 1.54) is 0 Å². The monoisotopic (exact) mass is 275 g/mol. The second kappa shape index (κ2) is 5.79. The van der Waals surface area contributed by atoms with E-state index in [1.54, 1.807) is 0 Å². The minimum atomic E-state index is -4.57. The van der Waals surface area contributed by atoms with Gasteiger partial charge in [-0.05, 0) is 18.1 Å². The Morgan fingerprint density at radius 2 is 2.11 bits per heavy atom. The molecule has 0 radical (unpaired) electrons. The van der Waals surface area contributed by atoms with Crippen molar-refractivity contribution in [2.45, 2.75) is 24.6 Å². The van der Waals surface area contributed by atoms with Crippen LogP contribution in [0.3, 0.4) is 0 Å². The van der Waals surface area contributed by atoms with Crippen molar-refractivity contribution < 1.29 is 23.0 Å². The highest BCUT2D eigenvalue weighted by Gasteiger charge is 2.37. The van der Waals surface area contributed by atoms with Gasteiger partial charge in [0, 0.05) is 19.0 Å². The number of alkyl halides is 3. The Kier molecular flexibility index (Phi) is 4.31. The van der Waals surface area contributed by atoms with E-state index in [9.17, 15) is 13.2 Å². The van der Waals surface area contributed by atoms with Crippen molar-refractivity contribution >= 4 is 0 Å². The van der Waals surface area contributed by atoms with Gasteiger partial charge in [0.25, 0.3) is 0 Å². The van der Waals surface area contributed by atoms with E-state index in [0.717, 1.165) is 17.7 Å². The van der Waals surface area contributed by atoms with Gasteiger partial charge in [0.2, 0.25) is 0 Å². The Balaban J connectivity index is 1.88. The molecule has 0 aromatic heterocycles. The third-order valence-corrected chi connectivity index (χ3v) is 3.19. The first-order valence-electron chi connectivity index (χ1n) is 6.15. The van der Waals surface area contributed by atoms with Gasteiger partial charge >= 0.3 is 6.18 Å². The van der Waals surface area contributed by atoms with Crippen LogP contribution in [-0.4, -0.2) is 37.1 Å². The SMILES string of the molecule is OC(CNCC1CCOc2ccccc21)C(F)(F)F. The highest BCUT2D eigenvalue weighted by Crippen LogP contribution is 2.32. The summed E-state index contributed by atoms with van der Waals surface area (Å²) in [6, 6.07) is 7.51. The predicted molar refractivity (Wildman–Crippen MR) is 64.2 cm³/mol. The first-order chi connectivity index (χ1) is 8.98. The fraction of sp³-hybridized carbons (Fsp3) is 0.538. The average molecular weight is 275 g/mol. The Hall–Kier alpha value is -1.27. The molecule has 0 saturated carbocycles. The lowest BCUT2D eigenvalue weighted by molar-refractivity contribution is -0.201. The van der Waals surface area contributed by atoms with Gasteiger partial charge in [0.15, 0.2) is 6.10 Å². The molecule has 19 heavy (non-hydrogen) atoms. The van der Waals surface area contributed by atoms with Crippen LogP contribution in [0.4, 0.5) is 13.2 Å². The highest BCUT2D eigenvalue weighted by molar-refractivity contribution is 5.37. The third kappa shape index (κ3) is 3.61. The van der Waals surface area contributed by atoms with Crippen molar-refractivity contribution in [2.75, 3.05) is 19.7 Å². The number of ether oxygens (including phenoxy) is 1. The Labute approximate surface area is 109 Å². The maximum Gasteiger partial charge on any atom is 0.415 e. The van der Waals surface area contributed by atoms with Crippen LogP contribution in [0.25, 0.3) is 0 Å². The number of benzene rings is 1. The molecule has 1 aliphatic heterocycles. The maximum atomic E-state index is 12.1. The molecule has 6 heteroatoms. The normalized spacial score (nSPS) is 20.5. The summed E-state index contributed by atoms with van der Waals surface area (Å²) in [5.41, 5.74) is 1.00. The largest absolute Gasteiger partial charge is 0.493 e. The van der Waals surface area contributed by atoms with E-state index in [1.807, 2.05) is 24.3 Å². The first kappa shape index (κ1) is 14.1. The van der Waals surface area contributed by atoms with Gasteiger partial charge < -0.3 is 15.2 Å². The molecule has 106 valence electrons. The summed E-state index contributed by atoms with van der Waals surface area (Å²) >= 11 is 0. The summed E-state index contributed by atoms with van der Waals surface area (Å²) in [6.45, 7) is 0.474. The molecule has 0 aliphatic carbocycles. The number of aliphatic hydroxyl groups is 1. The third-order valence-electron chi connectivity index (χ3n) is 3.19. The number of hydrogen-bond donors (Lipinski definition) is 2. The fourth-order valence-electron chi connectivity index (χ4n) is 2.14. The van der Waals surface area contributed by atoms with E-state index < -0.39 is 18.8 Å². The molecule has 1 heterocycles. The van der Waals surface area contributed by atoms with Crippen molar-refractivity contribution in [1.82, 2.24) is 5.32 Å². The molecule has 0 saturated heterocycles. The Morgan fingerprint density at radius 3 is 2.84 bits per heavy atom. The van der Waals surface area contributed by atoms with Crippen LogP contribution in [-0.2, 0) is 0 Å². The van der Waals surface area contributed by atoms with Crippen LogP contribution in [0.5, 0.6) is 5.75 Å². The zero-order valence-corrected chi connectivity index (χ0v) is 10.3. The lowest BCUT2D eigenvalue weighted by Crippen LogP contribution is -2.40. The van der Waals surface area contributed by atoms with E-state index >= 15 is 0 Å². The molecule has 2 atom stereocenters. The van der Waals surface area contributed by atoms with Gasteiger partial charge in [-0.25, -0.2) is 0 Å². The van der Waals surface area contributed by atoms with E-state index in [0.29, 0.717) is 13.2 Å². The molecule has 1 aliphatic rings. The second-order valence-corrected chi connectivity index (χ2v) is 4.59. The van der Waals surface area contributed by atoms with Crippen LogP contribution in [0.2, 0.25) is 0 Å². The standard InChI is InChI=1S/C13H16F3NO2/c14-13(15,16)12(18)8-17-7-9-5-6-19-11-4-2-1-3-10(9)11/h1-4,9,12,17-18H,5-8H2. The van der Waals surface area contributed by atoms with Crippen molar-refractivity contribution in [3.8, 4) is 5.75 Å². The average Bonchev–Trinajstić information content (AvgIpc) is 2.38. The van der Waals surface area contributed by atoms with E-state index in [4.69, 9.17) is 9.84 Å². The first-order valence-corrected chi connectivity index (χ1v) is 6.15. The van der Waals surface area contributed by atoms with Crippen molar-refractivity contribution in [3.63, 3.8) is 0 Å². The Morgan fingerprint density at radius 1 is 1.37 bits per heavy atom. The minimum absolute atomic E-state index is 0.116. The number of rotatable bonds is 4. The quantitative estimate of drug-likeness (QED) is 0.884. The number of fused-ring (bicyclic) bond motifs is 1. The van der Waals surface area contributed by atoms with Gasteiger partial charge in [-0.2, -0.15) is 13.2 Å². The lowest BCUT2D eigenvalue weighted by atomic mass is 9.93. The van der Waals surface area contributed by atoms with Crippen LogP contribution in [0.1, 0.15) is 17.9 Å². The van der Waals surface area contributed by atoms with E-state index in [2.05, 4.69) is 5.32 Å². The van der Waals surface area contributed by atoms with Gasteiger partial charge in [0.05, 0.1) is 6.61 Å². The molecule has 2 unspecified atom stereocenters. The summed E-state index contributed by atoms with van der Waals surface area (Å²) < 4.78 is 41.9. The number of halogens is 3. The lowest BCUT2D eigenvalue weighted by Gasteiger charge is -2.26. The van der Waals surface area contributed by atoms with Crippen LogP contribution in [0, 0.1) is 0 Å². The zero-order chi connectivity index (χ0) is 13.9. The molecule has 1 aromatic rings. The maximum absolute atomic E-state index is 12.1. The Bertz CT molecular complexity index is 423. The van der Waals surface area contributed by atoms with Crippen molar-refractivity contribution in [2.24, 2.45) is 0 Å². The molecular formula is C13H16F3NO2. The molecule has 3 nitrogen and oxygen atoms in total. The molecule has 0 spiro atoms. The summed E-state index contributed by atoms with van der Waals surface area (Å²) in [5.74, 6) is 0.905. The molecule has 1 aromatic carbocycles. The smallest absolute Gasteiger partial charge is 0.415 e. The molecule has 0 bridgehead atoms. The zero-order valence-electron chi connectivity index (χ0n) is 10.3. The van der Waals surface area contributed by atoms with Crippen LogP contribution in [0.15, 0.2) is 24.3 Å². The molecule has 0 fully saturated rings. The summed E-state index contributed by atoms with van der Waals surface area (Å²) in [6.07, 6.45) is -6.13. The van der Waals surface area contributed by atoms with E-state index in [-0.39, 0.29) is 5.92 Å². The fourth-order valence-corrected chi connectivity index (χ4v) is 2.14. The van der Waals surface area contributed by atoms with Gasteiger partial charge in [-0.1, -0.05) is 18.2 Å². The predicted octanol–water partition coefficient (Wildman–Crippen LogP) is 2.07. The van der Waals surface area contributed by atoms with Crippen LogP contribution < -0.4 is 10.1 Å². The number of para-hydroxylation sites is 1. The highest BCUT2D eigenvalue weighted by atomic mass is 19.4. The van der Waals surface area contributed by atoms with Crippen molar-refractivity contribution in [1.29, 1.82) is 0 Å². The summed E-state index contributed by atoms with van der Waals surface area (Å²) in [4.78, 5) is 0. The molecule has 2 rings (SSSR count). The minimum Gasteiger partial charge on any atom is -0.493 e.